The highest BCUT2D eigenvalue weighted by Crippen LogP contribution is 2.15. The first-order valence-electron chi connectivity index (χ1n) is 7.86. The molecule has 1 atom stereocenters. The van der Waals surface area contributed by atoms with Crippen molar-refractivity contribution in [2.75, 3.05) is 31.5 Å². The number of aryl methyl sites for hydroxylation is 2. The Morgan fingerprint density at radius 2 is 1.86 bits per heavy atom. The molecule has 1 aromatic rings. The molecule has 0 spiro atoms. The molecule has 0 radical (unpaired) electrons. The Kier molecular flexibility index (Phi) is 5.19. The van der Waals surface area contributed by atoms with E-state index in [1.165, 1.54) is 10.5 Å². The maximum absolute atomic E-state index is 12.5. The van der Waals surface area contributed by atoms with E-state index >= 15 is 0 Å². The lowest BCUT2D eigenvalue weighted by molar-refractivity contribution is -0.917. The van der Waals surface area contributed by atoms with Crippen molar-refractivity contribution in [2.24, 2.45) is 0 Å². The molecule has 0 aromatic heterocycles. The van der Waals surface area contributed by atoms with Gasteiger partial charge in [-0.2, -0.15) is 0 Å². The summed E-state index contributed by atoms with van der Waals surface area (Å²) in [5.74, 6) is 0.157. The molecule has 5 nitrogen and oxygen atoms in total. The van der Waals surface area contributed by atoms with Crippen molar-refractivity contribution in [1.82, 2.24) is 4.90 Å². The van der Waals surface area contributed by atoms with Crippen LogP contribution in [0.25, 0.3) is 0 Å². The van der Waals surface area contributed by atoms with Gasteiger partial charge < -0.3 is 15.1 Å². The Hall–Kier alpha value is -1.88. The zero-order valence-electron chi connectivity index (χ0n) is 13.9. The lowest BCUT2D eigenvalue weighted by atomic mass is 10.1. The summed E-state index contributed by atoms with van der Waals surface area (Å²) in [5, 5.41) is 3.03. The molecule has 0 unspecified atom stereocenters. The van der Waals surface area contributed by atoms with Gasteiger partial charge in [0.05, 0.1) is 26.2 Å². The van der Waals surface area contributed by atoms with E-state index in [0.29, 0.717) is 0 Å². The normalized spacial score (nSPS) is 17.2. The molecular weight excluding hydrogens is 278 g/mol. The van der Waals surface area contributed by atoms with E-state index in [-0.39, 0.29) is 17.9 Å². The fraction of sp³-hybridized carbons (Fsp3) is 0.529. The van der Waals surface area contributed by atoms with Gasteiger partial charge in [0.2, 0.25) is 5.91 Å². The van der Waals surface area contributed by atoms with Gasteiger partial charge in [-0.3, -0.25) is 9.59 Å². The molecule has 22 heavy (non-hydrogen) atoms. The summed E-state index contributed by atoms with van der Waals surface area (Å²) in [6.45, 7) is 10.7. The fourth-order valence-electron chi connectivity index (χ4n) is 2.92. The van der Waals surface area contributed by atoms with Crippen molar-refractivity contribution in [3.63, 3.8) is 0 Å². The van der Waals surface area contributed by atoms with Gasteiger partial charge in [0.25, 0.3) is 5.91 Å². The molecule has 1 aromatic carbocycles. The number of quaternary nitrogens is 1. The number of hydrogen-bond acceptors (Lipinski definition) is 2. The molecule has 0 bridgehead atoms. The SMILES string of the molecule is CC(=O)N1CC[NH+]([C@@H](C)C(=O)Nc2ccc(C)cc2C)CC1. The number of rotatable bonds is 3. The van der Waals surface area contributed by atoms with E-state index in [9.17, 15) is 9.59 Å². The van der Waals surface area contributed by atoms with Gasteiger partial charge in [-0.05, 0) is 32.4 Å². The van der Waals surface area contributed by atoms with Gasteiger partial charge in [0.15, 0.2) is 6.04 Å². The van der Waals surface area contributed by atoms with Crippen LogP contribution in [0.4, 0.5) is 5.69 Å². The zero-order chi connectivity index (χ0) is 16.3. The second-order valence-corrected chi connectivity index (χ2v) is 6.19. The Labute approximate surface area is 132 Å². The predicted molar refractivity (Wildman–Crippen MR) is 87.0 cm³/mol. The first kappa shape index (κ1) is 16.5. The van der Waals surface area contributed by atoms with Crippen molar-refractivity contribution in [3.8, 4) is 0 Å². The predicted octanol–water partition coefficient (Wildman–Crippen LogP) is 0.377. The van der Waals surface area contributed by atoms with Crippen LogP contribution in [0.5, 0.6) is 0 Å². The highest BCUT2D eigenvalue weighted by atomic mass is 16.2. The number of nitrogens with zero attached hydrogens (tertiary/aromatic N) is 1. The minimum atomic E-state index is -0.116. The van der Waals surface area contributed by atoms with Crippen LogP contribution < -0.4 is 10.2 Å². The Bertz CT molecular complexity index is 563. The van der Waals surface area contributed by atoms with Crippen molar-refractivity contribution in [2.45, 2.75) is 33.7 Å². The van der Waals surface area contributed by atoms with E-state index in [4.69, 9.17) is 0 Å². The van der Waals surface area contributed by atoms with Crippen molar-refractivity contribution >= 4 is 17.5 Å². The molecule has 2 rings (SSSR count). The maximum Gasteiger partial charge on any atom is 0.282 e. The summed E-state index contributed by atoms with van der Waals surface area (Å²) < 4.78 is 0. The van der Waals surface area contributed by atoms with Crippen LogP contribution in [0.15, 0.2) is 18.2 Å². The molecule has 1 saturated heterocycles. The van der Waals surface area contributed by atoms with Gasteiger partial charge in [-0.15, -0.1) is 0 Å². The van der Waals surface area contributed by atoms with Crippen LogP contribution in [0, 0.1) is 13.8 Å². The number of amides is 2. The average molecular weight is 304 g/mol. The molecule has 2 amide bonds. The molecule has 0 saturated carbocycles. The van der Waals surface area contributed by atoms with Crippen molar-refractivity contribution < 1.29 is 14.5 Å². The summed E-state index contributed by atoms with van der Waals surface area (Å²) in [5.41, 5.74) is 3.15. The molecule has 1 heterocycles. The average Bonchev–Trinajstić information content (AvgIpc) is 2.49. The summed E-state index contributed by atoms with van der Waals surface area (Å²) in [6, 6.07) is 5.91. The van der Waals surface area contributed by atoms with Crippen LogP contribution in [-0.4, -0.2) is 48.9 Å². The molecule has 5 heteroatoms. The van der Waals surface area contributed by atoms with Crippen LogP contribution in [0.3, 0.4) is 0 Å². The van der Waals surface area contributed by atoms with E-state index in [2.05, 4.69) is 11.4 Å². The van der Waals surface area contributed by atoms with Crippen molar-refractivity contribution in [3.05, 3.63) is 29.3 Å². The smallest absolute Gasteiger partial charge is 0.282 e. The maximum atomic E-state index is 12.5. The standard InChI is InChI=1S/C17H25N3O2/c1-12-5-6-16(13(2)11-12)18-17(22)14(3)19-7-9-20(10-8-19)15(4)21/h5-6,11,14H,7-10H2,1-4H3,(H,18,22)/p+1/t14-/m0/s1. The van der Waals surface area contributed by atoms with Gasteiger partial charge in [-0.25, -0.2) is 0 Å². The Morgan fingerprint density at radius 3 is 2.41 bits per heavy atom. The third kappa shape index (κ3) is 3.85. The third-order valence-electron chi connectivity index (χ3n) is 4.50. The topological polar surface area (TPSA) is 53.9 Å². The first-order chi connectivity index (χ1) is 10.4. The highest BCUT2D eigenvalue weighted by Gasteiger charge is 2.29. The monoisotopic (exact) mass is 304 g/mol. The zero-order valence-corrected chi connectivity index (χ0v) is 13.9. The molecule has 1 aliphatic rings. The van der Waals surface area contributed by atoms with Gasteiger partial charge in [-0.1, -0.05) is 17.7 Å². The number of carbonyl (C=O) groups excluding carboxylic acids is 2. The Balaban J connectivity index is 1.94. The van der Waals surface area contributed by atoms with Crippen LogP contribution >= 0.6 is 0 Å². The molecule has 0 aliphatic carbocycles. The van der Waals surface area contributed by atoms with E-state index in [1.54, 1.807) is 6.92 Å². The first-order valence-corrected chi connectivity index (χ1v) is 7.86. The molecule has 120 valence electrons. The number of carbonyl (C=O) groups is 2. The number of benzene rings is 1. The van der Waals surface area contributed by atoms with E-state index in [1.807, 2.05) is 37.8 Å². The third-order valence-corrected chi connectivity index (χ3v) is 4.50. The Morgan fingerprint density at radius 1 is 1.23 bits per heavy atom. The van der Waals surface area contributed by atoms with E-state index < -0.39 is 0 Å². The minimum Gasteiger partial charge on any atom is -0.332 e. The van der Waals surface area contributed by atoms with Gasteiger partial charge in [0.1, 0.15) is 0 Å². The number of piperazine rings is 1. The lowest BCUT2D eigenvalue weighted by Gasteiger charge is -2.34. The summed E-state index contributed by atoms with van der Waals surface area (Å²) in [7, 11) is 0. The molecular formula is C17H26N3O2+. The van der Waals surface area contributed by atoms with Gasteiger partial charge >= 0.3 is 0 Å². The second-order valence-electron chi connectivity index (χ2n) is 6.19. The van der Waals surface area contributed by atoms with E-state index in [0.717, 1.165) is 37.4 Å². The summed E-state index contributed by atoms with van der Waals surface area (Å²) in [6.07, 6.45) is 0. The van der Waals surface area contributed by atoms with Gasteiger partial charge in [0, 0.05) is 12.6 Å². The summed E-state index contributed by atoms with van der Waals surface area (Å²) in [4.78, 5) is 26.9. The minimum absolute atomic E-state index is 0.0400. The quantitative estimate of drug-likeness (QED) is 0.848. The second kappa shape index (κ2) is 6.92. The van der Waals surface area contributed by atoms with Crippen molar-refractivity contribution in [1.29, 1.82) is 0 Å². The van der Waals surface area contributed by atoms with Crippen LogP contribution in [0.1, 0.15) is 25.0 Å². The molecule has 1 aliphatic heterocycles. The summed E-state index contributed by atoms with van der Waals surface area (Å²) >= 11 is 0. The largest absolute Gasteiger partial charge is 0.332 e. The van der Waals surface area contributed by atoms with Crippen LogP contribution in [0.2, 0.25) is 0 Å². The number of nitrogens with one attached hydrogen (secondary N) is 2. The van der Waals surface area contributed by atoms with Crippen LogP contribution in [-0.2, 0) is 9.59 Å². The number of anilines is 1. The lowest BCUT2D eigenvalue weighted by Crippen LogP contribution is -3.19. The number of hydrogen-bond donors (Lipinski definition) is 2. The highest BCUT2D eigenvalue weighted by molar-refractivity contribution is 5.94. The molecule has 1 fully saturated rings. The fourth-order valence-corrected chi connectivity index (χ4v) is 2.92. The molecule has 2 N–H and O–H groups in total.